The van der Waals surface area contributed by atoms with Crippen LogP contribution in [0.4, 0.5) is 5.69 Å². The van der Waals surface area contributed by atoms with Crippen molar-refractivity contribution >= 4 is 5.69 Å². The molecule has 102 valence electrons. The van der Waals surface area contributed by atoms with Crippen molar-refractivity contribution in [3.05, 3.63) is 46.8 Å². The smallest absolute Gasteiger partial charge is 0.0725 e. The van der Waals surface area contributed by atoms with Crippen LogP contribution in [0.25, 0.3) is 0 Å². The Morgan fingerprint density at radius 3 is 2.63 bits per heavy atom. The minimum atomic E-state index is 0.0681. The van der Waals surface area contributed by atoms with Crippen LogP contribution in [0.1, 0.15) is 43.2 Å². The number of aromatic nitrogens is 2. The molecule has 0 atom stereocenters. The largest absolute Gasteiger partial charge is 0.381 e. The lowest BCUT2D eigenvalue weighted by Gasteiger charge is -2.18. The van der Waals surface area contributed by atoms with Crippen LogP contribution in [0.15, 0.2) is 24.4 Å². The van der Waals surface area contributed by atoms with Gasteiger partial charge < -0.3 is 5.32 Å². The van der Waals surface area contributed by atoms with Gasteiger partial charge in [-0.3, -0.25) is 5.10 Å². The Bertz CT molecular complexity index is 562. The lowest BCUT2D eigenvalue weighted by atomic mass is 9.89. The van der Waals surface area contributed by atoms with Crippen LogP contribution < -0.4 is 5.32 Å². The Morgan fingerprint density at radius 2 is 1.95 bits per heavy atom. The van der Waals surface area contributed by atoms with Crippen LogP contribution in [0.3, 0.4) is 0 Å². The minimum absolute atomic E-state index is 0.0681. The first-order valence-corrected chi connectivity index (χ1v) is 6.72. The summed E-state index contributed by atoms with van der Waals surface area (Å²) in [6.07, 6.45) is 1.98. The molecule has 1 aromatic heterocycles. The van der Waals surface area contributed by atoms with Gasteiger partial charge in [-0.15, -0.1) is 0 Å². The number of nitrogens with zero attached hydrogens (tertiary/aromatic N) is 1. The van der Waals surface area contributed by atoms with Gasteiger partial charge >= 0.3 is 0 Å². The van der Waals surface area contributed by atoms with E-state index in [4.69, 9.17) is 0 Å². The van der Waals surface area contributed by atoms with Gasteiger partial charge in [-0.2, -0.15) is 5.10 Å². The topological polar surface area (TPSA) is 40.7 Å². The molecule has 0 aliphatic carbocycles. The zero-order valence-corrected chi connectivity index (χ0v) is 12.5. The Hall–Kier alpha value is -1.77. The van der Waals surface area contributed by atoms with Gasteiger partial charge in [0.15, 0.2) is 0 Å². The maximum absolute atomic E-state index is 4.37. The highest BCUT2D eigenvalue weighted by Crippen LogP contribution is 2.24. The molecule has 19 heavy (non-hydrogen) atoms. The van der Waals surface area contributed by atoms with Gasteiger partial charge in [-0.1, -0.05) is 32.9 Å². The van der Waals surface area contributed by atoms with Gasteiger partial charge in [-0.05, 0) is 31.0 Å². The number of rotatable bonds is 3. The first-order valence-electron chi connectivity index (χ1n) is 6.72. The molecule has 1 aromatic carbocycles. The highest BCUT2D eigenvalue weighted by Gasteiger charge is 2.20. The van der Waals surface area contributed by atoms with Crippen molar-refractivity contribution in [3.63, 3.8) is 0 Å². The summed E-state index contributed by atoms with van der Waals surface area (Å²) in [5, 5.41) is 10.9. The number of aromatic amines is 1. The summed E-state index contributed by atoms with van der Waals surface area (Å²) in [6, 6.07) is 6.48. The number of nitrogens with one attached hydrogen (secondary N) is 2. The van der Waals surface area contributed by atoms with Crippen molar-refractivity contribution in [3.8, 4) is 0 Å². The normalized spacial score (nSPS) is 11.6. The van der Waals surface area contributed by atoms with Crippen molar-refractivity contribution in [1.29, 1.82) is 0 Å². The molecular weight excluding hydrogens is 234 g/mol. The van der Waals surface area contributed by atoms with Crippen LogP contribution in [0.5, 0.6) is 0 Å². The molecule has 2 N–H and O–H groups in total. The second kappa shape index (κ2) is 5.08. The van der Waals surface area contributed by atoms with E-state index in [0.717, 1.165) is 12.2 Å². The monoisotopic (exact) mass is 257 g/mol. The molecule has 0 saturated carbocycles. The van der Waals surface area contributed by atoms with E-state index >= 15 is 0 Å². The van der Waals surface area contributed by atoms with E-state index < -0.39 is 0 Å². The van der Waals surface area contributed by atoms with Gasteiger partial charge in [0.05, 0.1) is 5.69 Å². The van der Waals surface area contributed by atoms with Crippen LogP contribution in [-0.4, -0.2) is 10.2 Å². The molecule has 0 fully saturated rings. The third-order valence-corrected chi connectivity index (χ3v) is 3.29. The summed E-state index contributed by atoms with van der Waals surface area (Å²) in [4.78, 5) is 0. The number of H-pyrrole nitrogens is 1. The number of aryl methyl sites for hydroxylation is 2. The Balaban J connectivity index is 2.15. The predicted molar refractivity (Wildman–Crippen MR) is 80.5 cm³/mol. The lowest BCUT2D eigenvalue weighted by molar-refractivity contribution is 0.561. The number of anilines is 1. The van der Waals surface area contributed by atoms with E-state index in [1.807, 2.05) is 6.20 Å². The Labute approximate surface area is 115 Å². The van der Waals surface area contributed by atoms with Crippen LogP contribution in [0.2, 0.25) is 0 Å². The zero-order valence-electron chi connectivity index (χ0n) is 12.5. The third-order valence-electron chi connectivity index (χ3n) is 3.29. The fourth-order valence-electron chi connectivity index (χ4n) is 2.22. The van der Waals surface area contributed by atoms with Gasteiger partial charge in [0, 0.05) is 29.4 Å². The number of hydrogen-bond acceptors (Lipinski definition) is 2. The van der Waals surface area contributed by atoms with E-state index in [9.17, 15) is 0 Å². The molecular formula is C16H23N3. The predicted octanol–water partition coefficient (Wildman–Crippen LogP) is 3.94. The fraction of sp³-hybridized carbons (Fsp3) is 0.438. The van der Waals surface area contributed by atoms with E-state index in [1.165, 1.54) is 22.4 Å². The molecule has 2 rings (SSSR count). The van der Waals surface area contributed by atoms with E-state index in [1.54, 1.807) is 0 Å². The summed E-state index contributed by atoms with van der Waals surface area (Å²) in [5.41, 5.74) is 6.17. The van der Waals surface area contributed by atoms with E-state index in [-0.39, 0.29) is 5.41 Å². The highest BCUT2D eigenvalue weighted by atomic mass is 15.1. The SMILES string of the molecule is Cc1ccc(C)c(NCc2c[nH]nc2C(C)(C)C)c1. The molecule has 0 saturated heterocycles. The summed E-state index contributed by atoms with van der Waals surface area (Å²) in [6.45, 7) is 11.6. The number of hydrogen-bond donors (Lipinski definition) is 2. The molecule has 2 aromatic rings. The maximum atomic E-state index is 4.37. The molecule has 3 heteroatoms. The maximum Gasteiger partial charge on any atom is 0.0725 e. The van der Waals surface area contributed by atoms with Crippen LogP contribution in [0, 0.1) is 13.8 Å². The van der Waals surface area contributed by atoms with Crippen molar-refractivity contribution in [2.75, 3.05) is 5.32 Å². The lowest BCUT2D eigenvalue weighted by Crippen LogP contribution is -2.15. The van der Waals surface area contributed by atoms with E-state index in [2.05, 4.69) is 68.3 Å². The minimum Gasteiger partial charge on any atom is -0.381 e. The number of benzene rings is 1. The molecule has 3 nitrogen and oxygen atoms in total. The molecule has 0 aliphatic rings. The first-order chi connectivity index (χ1) is 8.88. The van der Waals surface area contributed by atoms with Gasteiger partial charge in [0.1, 0.15) is 0 Å². The average Bonchev–Trinajstić information content (AvgIpc) is 2.78. The molecule has 1 heterocycles. The first kappa shape index (κ1) is 13.7. The second-order valence-corrected chi connectivity index (χ2v) is 6.18. The van der Waals surface area contributed by atoms with Crippen molar-refractivity contribution < 1.29 is 0 Å². The standard InChI is InChI=1S/C16H23N3/c1-11-6-7-12(2)14(8-11)17-9-13-10-18-19-15(13)16(3,4)5/h6-8,10,17H,9H2,1-5H3,(H,18,19). The van der Waals surface area contributed by atoms with Crippen molar-refractivity contribution in [2.45, 2.75) is 46.6 Å². The average molecular weight is 257 g/mol. The second-order valence-electron chi connectivity index (χ2n) is 6.18. The third kappa shape index (κ3) is 3.16. The van der Waals surface area contributed by atoms with Crippen molar-refractivity contribution in [1.82, 2.24) is 10.2 Å². The molecule has 0 amide bonds. The van der Waals surface area contributed by atoms with Gasteiger partial charge in [0.25, 0.3) is 0 Å². The summed E-state index contributed by atoms with van der Waals surface area (Å²) in [7, 11) is 0. The Kier molecular flexibility index (Phi) is 3.65. The summed E-state index contributed by atoms with van der Waals surface area (Å²) in [5.74, 6) is 0. The van der Waals surface area contributed by atoms with Crippen LogP contribution in [-0.2, 0) is 12.0 Å². The summed E-state index contributed by atoms with van der Waals surface area (Å²) < 4.78 is 0. The van der Waals surface area contributed by atoms with Crippen molar-refractivity contribution in [2.24, 2.45) is 0 Å². The molecule has 0 bridgehead atoms. The molecule has 0 unspecified atom stereocenters. The highest BCUT2D eigenvalue weighted by molar-refractivity contribution is 5.52. The van der Waals surface area contributed by atoms with Gasteiger partial charge in [-0.25, -0.2) is 0 Å². The fourth-order valence-corrected chi connectivity index (χ4v) is 2.22. The summed E-state index contributed by atoms with van der Waals surface area (Å²) >= 11 is 0. The van der Waals surface area contributed by atoms with Gasteiger partial charge in [0.2, 0.25) is 0 Å². The quantitative estimate of drug-likeness (QED) is 0.874. The molecule has 0 aliphatic heterocycles. The molecule has 0 radical (unpaired) electrons. The zero-order chi connectivity index (χ0) is 14.0. The molecule has 0 spiro atoms. The Morgan fingerprint density at radius 1 is 1.21 bits per heavy atom. The van der Waals surface area contributed by atoms with E-state index in [0.29, 0.717) is 0 Å². The van der Waals surface area contributed by atoms with Crippen LogP contribution >= 0.6 is 0 Å².